The van der Waals surface area contributed by atoms with Gasteiger partial charge in [-0.25, -0.2) is 0 Å². The first-order valence-electron chi connectivity index (χ1n) is 8.32. The van der Waals surface area contributed by atoms with Gasteiger partial charge in [0.2, 0.25) is 11.8 Å². The Morgan fingerprint density at radius 3 is 2.54 bits per heavy atom. The molecule has 0 radical (unpaired) electrons. The molecule has 1 aliphatic heterocycles. The fraction of sp³-hybridized carbons (Fsp3) is 0.556. The molecular weight excluding hydrogens is 308 g/mol. The van der Waals surface area contributed by atoms with Gasteiger partial charge in [-0.2, -0.15) is 0 Å². The molecule has 1 heterocycles. The minimum atomic E-state index is -0.397. The number of amides is 2. The monoisotopic (exact) mass is 332 g/mol. The highest BCUT2D eigenvalue weighted by molar-refractivity contribution is 5.97. The number of carbonyl (C=O) groups is 2. The summed E-state index contributed by atoms with van der Waals surface area (Å²) >= 11 is 0. The summed E-state index contributed by atoms with van der Waals surface area (Å²) < 4.78 is 10.4. The normalized spacial score (nSPS) is 22.2. The van der Waals surface area contributed by atoms with Crippen molar-refractivity contribution in [3.05, 3.63) is 24.3 Å². The van der Waals surface area contributed by atoms with Crippen LogP contribution in [0.3, 0.4) is 0 Å². The minimum absolute atomic E-state index is 0.0185. The van der Waals surface area contributed by atoms with Crippen LogP contribution >= 0.6 is 0 Å². The Kier molecular flexibility index (Phi) is 4.76. The van der Waals surface area contributed by atoms with Crippen molar-refractivity contribution in [2.45, 2.75) is 31.7 Å². The maximum absolute atomic E-state index is 12.6. The van der Waals surface area contributed by atoms with Crippen LogP contribution < -0.4 is 15.0 Å². The summed E-state index contributed by atoms with van der Waals surface area (Å²) in [6.07, 6.45) is 3.10. The number of hydrogen-bond donors (Lipinski definition) is 1. The van der Waals surface area contributed by atoms with Crippen molar-refractivity contribution < 1.29 is 19.1 Å². The van der Waals surface area contributed by atoms with Crippen LogP contribution in [0.4, 0.5) is 5.69 Å². The fourth-order valence-corrected chi connectivity index (χ4v) is 3.47. The molecule has 6 nitrogen and oxygen atoms in total. The smallest absolute Gasteiger partial charge is 0.229 e. The quantitative estimate of drug-likeness (QED) is 0.861. The lowest BCUT2D eigenvalue weighted by atomic mass is 9.68. The zero-order valence-corrected chi connectivity index (χ0v) is 14.2. The third kappa shape index (κ3) is 3.11. The predicted molar refractivity (Wildman–Crippen MR) is 90.1 cm³/mol. The van der Waals surface area contributed by atoms with Crippen molar-refractivity contribution in [2.24, 2.45) is 5.41 Å². The third-order valence-electron chi connectivity index (χ3n) is 5.06. The molecule has 130 valence electrons. The number of carbonyl (C=O) groups excluding carboxylic acids is 2. The molecule has 24 heavy (non-hydrogen) atoms. The number of ether oxygens (including phenoxy) is 2. The fourth-order valence-electron chi connectivity index (χ4n) is 3.47. The van der Waals surface area contributed by atoms with Crippen molar-refractivity contribution in [3.63, 3.8) is 0 Å². The van der Waals surface area contributed by atoms with Gasteiger partial charge in [-0.15, -0.1) is 0 Å². The minimum Gasteiger partial charge on any atom is -0.497 e. The zero-order valence-electron chi connectivity index (χ0n) is 14.2. The first-order valence-corrected chi connectivity index (χ1v) is 8.32. The molecule has 3 rings (SSSR count). The van der Waals surface area contributed by atoms with Crippen LogP contribution in [-0.4, -0.2) is 45.2 Å². The molecule has 6 heteroatoms. The number of benzene rings is 1. The van der Waals surface area contributed by atoms with Crippen molar-refractivity contribution in [1.82, 2.24) is 5.32 Å². The summed E-state index contributed by atoms with van der Waals surface area (Å²) in [6, 6.07) is 7.23. The van der Waals surface area contributed by atoms with Gasteiger partial charge in [-0.3, -0.25) is 9.59 Å². The molecule has 0 bridgehead atoms. The number of anilines is 1. The second kappa shape index (κ2) is 6.81. The lowest BCUT2D eigenvalue weighted by Gasteiger charge is -2.40. The van der Waals surface area contributed by atoms with E-state index in [9.17, 15) is 9.59 Å². The Labute approximate surface area is 142 Å². The topological polar surface area (TPSA) is 67.9 Å². The lowest BCUT2D eigenvalue weighted by molar-refractivity contribution is -0.141. The Balaban J connectivity index is 1.63. The lowest BCUT2D eigenvalue weighted by Crippen LogP contribution is -2.52. The van der Waals surface area contributed by atoms with E-state index in [-0.39, 0.29) is 17.9 Å². The van der Waals surface area contributed by atoms with Crippen molar-refractivity contribution >= 4 is 17.5 Å². The van der Waals surface area contributed by atoms with Crippen LogP contribution in [0.2, 0.25) is 0 Å². The van der Waals surface area contributed by atoms with Crippen LogP contribution in [0.1, 0.15) is 25.7 Å². The van der Waals surface area contributed by atoms with E-state index < -0.39 is 5.41 Å². The summed E-state index contributed by atoms with van der Waals surface area (Å²) in [6.45, 7) is 0.946. The van der Waals surface area contributed by atoms with Crippen LogP contribution in [0, 0.1) is 5.41 Å². The molecule has 2 fully saturated rings. The van der Waals surface area contributed by atoms with E-state index >= 15 is 0 Å². The van der Waals surface area contributed by atoms with E-state index in [2.05, 4.69) is 5.32 Å². The molecule has 1 atom stereocenters. The van der Waals surface area contributed by atoms with Crippen LogP contribution in [0.5, 0.6) is 5.75 Å². The van der Waals surface area contributed by atoms with Gasteiger partial charge in [0.25, 0.3) is 0 Å². The summed E-state index contributed by atoms with van der Waals surface area (Å²) in [7, 11) is 3.23. The van der Waals surface area contributed by atoms with E-state index in [4.69, 9.17) is 9.47 Å². The molecule has 1 N–H and O–H groups in total. The average Bonchev–Trinajstić information content (AvgIpc) is 2.91. The van der Waals surface area contributed by atoms with Gasteiger partial charge in [-0.05, 0) is 37.1 Å². The van der Waals surface area contributed by atoms with Crippen molar-refractivity contribution in [2.75, 3.05) is 32.3 Å². The van der Waals surface area contributed by atoms with Crippen LogP contribution in [0.15, 0.2) is 24.3 Å². The molecule has 1 saturated heterocycles. The number of hydrogen-bond acceptors (Lipinski definition) is 4. The maximum Gasteiger partial charge on any atom is 0.229 e. The van der Waals surface area contributed by atoms with Crippen LogP contribution in [0.25, 0.3) is 0 Å². The molecule has 1 saturated carbocycles. The second-order valence-electron chi connectivity index (χ2n) is 6.64. The predicted octanol–water partition coefficient (Wildman–Crippen LogP) is 1.73. The molecular formula is C18H24N2O4. The van der Waals surface area contributed by atoms with Gasteiger partial charge in [0, 0.05) is 25.8 Å². The second-order valence-corrected chi connectivity index (χ2v) is 6.64. The SMILES string of the molecule is COCC1(C(=O)N[C@@H]2CC(=O)N(c3ccc(OC)cc3)C2)CCC1. The summed E-state index contributed by atoms with van der Waals surface area (Å²) in [5.74, 6) is 0.798. The first kappa shape index (κ1) is 16.8. The Morgan fingerprint density at radius 1 is 1.29 bits per heavy atom. The standard InChI is InChI=1S/C18H24N2O4/c1-23-12-18(8-3-9-18)17(22)19-13-10-16(21)20(11-13)14-4-6-15(24-2)7-5-14/h4-7,13H,3,8-12H2,1-2H3,(H,19,22)/t13-/m1/s1. The highest BCUT2D eigenvalue weighted by Gasteiger charge is 2.45. The Hall–Kier alpha value is -2.08. The molecule has 2 aliphatic rings. The Morgan fingerprint density at radius 2 is 2.00 bits per heavy atom. The van der Waals surface area contributed by atoms with E-state index in [1.165, 1.54) is 0 Å². The highest BCUT2D eigenvalue weighted by Crippen LogP contribution is 2.41. The number of nitrogens with one attached hydrogen (secondary N) is 1. The number of nitrogens with zero attached hydrogens (tertiary/aromatic N) is 1. The number of methoxy groups -OCH3 is 2. The summed E-state index contributed by atoms with van der Waals surface area (Å²) in [5.41, 5.74) is 0.429. The zero-order chi connectivity index (χ0) is 17.2. The van der Waals surface area contributed by atoms with E-state index in [0.717, 1.165) is 30.7 Å². The van der Waals surface area contributed by atoms with Gasteiger partial charge in [0.15, 0.2) is 0 Å². The molecule has 1 aromatic carbocycles. The maximum atomic E-state index is 12.6. The molecule has 1 aromatic rings. The summed E-state index contributed by atoms with van der Waals surface area (Å²) in [4.78, 5) is 26.6. The van der Waals surface area contributed by atoms with Gasteiger partial charge in [-0.1, -0.05) is 6.42 Å². The van der Waals surface area contributed by atoms with Gasteiger partial charge in [0.05, 0.1) is 25.2 Å². The summed E-state index contributed by atoms with van der Waals surface area (Å²) in [5, 5.41) is 3.05. The Bertz CT molecular complexity index is 610. The van der Waals surface area contributed by atoms with Crippen molar-refractivity contribution in [1.29, 1.82) is 0 Å². The van der Waals surface area contributed by atoms with E-state index in [1.54, 1.807) is 19.1 Å². The first-order chi connectivity index (χ1) is 11.6. The van der Waals surface area contributed by atoms with E-state index in [1.807, 2.05) is 24.3 Å². The average molecular weight is 332 g/mol. The van der Waals surface area contributed by atoms with E-state index in [0.29, 0.717) is 19.6 Å². The largest absolute Gasteiger partial charge is 0.497 e. The third-order valence-corrected chi connectivity index (χ3v) is 5.06. The number of rotatable bonds is 6. The van der Waals surface area contributed by atoms with Crippen molar-refractivity contribution in [3.8, 4) is 5.75 Å². The van der Waals surface area contributed by atoms with Gasteiger partial charge < -0.3 is 19.7 Å². The van der Waals surface area contributed by atoms with Gasteiger partial charge >= 0.3 is 0 Å². The molecule has 0 aromatic heterocycles. The van der Waals surface area contributed by atoms with Crippen LogP contribution in [-0.2, 0) is 14.3 Å². The molecule has 0 spiro atoms. The molecule has 0 unspecified atom stereocenters. The van der Waals surface area contributed by atoms with Gasteiger partial charge in [0.1, 0.15) is 5.75 Å². The molecule has 1 aliphatic carbocycles. The molecule has 2 amide bonds. The highest BCUT2D eigenvalue weighted by atomic mass is 16.5.